The number of H-pyrrole nitrogens is 1. The Labute approximate surface area is 159 Å². The first-order chi connectivity index (χ1) is 13.3. The van der Waals surface area contributed by atoms with Crippen LogP contribution in [-0.4, -0.2) is 28.5 Å². The molecule has 4 aromatic rings. The molecule has 0 saturated carbocycles. The van der Waals surface area contributed by atoms with E-state index >= 15 is 0 Å². The largest absolute Gasteiger partial charge is 0.361 e. The Morgan fingerprint density at radius 2 is 1.81 bits per heavy atom. The van der Waals surface area contributed by atoms with Gasteiger partial charge in [0.1, 0.15) is 5.82 Å². The highest BCUT2D eigenvalue weighted by Crippen LogP contribution is 2.18. The fourth-order valence-electron chi connectivity index (χ4n) is 3.23. The molecule has 0 aliphatic heterocycles. The lowest BCUT2D eigenvalue weighted by Crippen LogP contribution is -2.18. The zero-order chi connectivity index (χ0) is 18.5. The van der Waals surface area contributed by atoms with Gasteiger partial charge in [-0.05, 0) is 29.7 Å². The van der Waals surface area contributed by atoms with E-state index in [1.165, 1.54) is 22.0 Å². The Bertz CT molecular complexity index is 1010. The van der Waals surface area contributed by atoms with Crippen LogP contribution in [0.4, 0.5) is 11.8 Å². The predicted octanol–water partition coefficient (Wildman–Crippen LogP) is 4.25. The normalized spacial score (nSPS) is 10.9. The zero-order valence-corrected chi connectivity index (χ0v) is 15.4. The molecule has 0 bridgehead atoms. The van der Waals surface area contributed by atoms with E-state index in [4.69, 9.17) is 0 Å². The Morgan fingerprint density at radius 1 is 1.00 bits per heavy atom. The van der Waals surface area contributed by atoms with E-state index in [-0.39, 0.29) is 0 Å². The zero-order valence-electron chi connectivity index (χ0n) is 15.4. The van der Waals surface area contributed by atoms with Crippen LogP contribution in [0.15, 0.2) is 73.1 Å². The van der Waals surface area contributed by atoms with E-state index in [1.807, 2.05) is 25.2 Å². The number of nitrogens with zero attached hydrogens (tertiary/aromatic N) is 3. The second-order valence-electron chi connectivity index (χ2n) is 6.62. The average Bonchev–Trinajstić information content (AvgIpc) is 3.12. The number of rotatable bonds is 7. The van der Waals surface area contributed by atoms with Crippen LogP contribution in [0.3, 0.4) is 0 Å². The third-order valence-electron chi connectivity index (χ3n) is 4.65. The standard InChI is InChI=1S/C22H23N5/c1-27(16-17-7-3-2-4-8-17)21-12-14-24-22(26-21)23-13-11-18-15-25-20-10-6-5-9-19(18)20/h2-10,12,14-15,25H,11,13,16H2,1H3,(H,23,24,26). The van der Waals surface area contributed by atoms with Crippen LogP contribution in [0.2, 0.25) is 0 Å². The molecule has 0 aliphatic carbocycles. The number of aromatic amines is 1. The molecule has 0 amide bonds. The summed E-state index contributed by atoms with van der Waals surface area (Å²) >= 11 is 0. The van der Waals surface area contributed by atoms with Crippen LogP contribution >= 0.6 is 0 Å². The second-order valence-corrected chi connectivity index (χ2v) is 6.62. The summed E-state index contributed by atoms with van der Waals surface area (Å²) in [5.74, 6) is 1.57. The maximum atomic E-state index is 4.65. The summed E-state index contributed by atoms with van der Waals surface area (Å²) in [7, 11) is 2.05. The van der Waals surface area contributed by atoms with E-state index < -0.39 is 0 Å². The van der Waals surface area contributed by atoms with Gasteiger partial charge in [-0.1, -0.05) is 48.5 Å². The predicted molar refractivity (Wildman–Crippen MR) is 111 cm³/mol. The van der Waals surface area contributed by atoms with Crippen molar-refractivity contribution in [1.82, 2.24) is 15.0 Å². The van der Waals surface area contributed by atoms with Gasteiger partial charge in [-0.2, -0.15) is 4.98 Å². The molecule has 0 spiro atoms. The molecule has 5 heteroatoms. The number of benzene rings is 2. The van der Waals surface area contributed by atoms with Gasteiger partial charge in [0.25, 0.3) is 0 Å². The minimum Gasteiger partial charge on any atom is -0.361 e. The summed E-state index contributed by atoms with van der Waals surface area (Å²) in [4.78, 5) is 14.4. The van der Waals surface area contributed by atoms with Crippen molar-refractivity contribution in [1.29, 1.82) is 0 Å². The van der Waals surface area contributed by atoms with Crippen molar-refractivity contribution in [2.75, 3.05) is 23.8 Å². The minimum absolute atomic E-state index is 0.659. The van der Waals surface area contributed by atoms with E-state index in [9.17, 15) is 0 Å². The second kappa shape index (κ2) is 7.91. The number of anilines is 2. The molecule has 136 valence electrons. The Hall–Kier alpha value is -3.34. The molecular weight excluding hydrogens is 334 g/mol. The number of fused-ring (bicyclic) bond motifs is 1. The molecule has 2 aromatic heterocycles. The van der Waals surface area contributed by atoms with Gasteiger partial charge < -0.3 is 15.2 Å². The van der Waals surface area contributed by atoms with Gasteiger partial charge >= 0.3 is 0 Å². The Kier molecular flexibility index (Phi) is 5.01. The summed E-state index contributed by atoms with van der Waals surface area (Å²) in [6.45, 7) is 1.60. The summed E-state index contributed by atoms with van der Waals surface area (Å²) < 4.78 is 0. The van der Waals surface area contributed by atoms with Crippen LogP contribution in [0, 0.1) is 0 Å². The Morgan fingerprint density at radius 3 is 2.70 bits per heavy atom. The number of para-hydroxylation sites is 1. The maximum Gasteiger partial charge on any atom is 0.224 e. The van der Waals surface area contributed by atoms with E-state index in [2.05, 4.69) is 73.8 Å². The summed E-state index contributed by atoms with van der Waals surface area (Å²) in [5, 5.41) is 4.62. The van der Waals surface area contributed by atoms with Gasteiger partial charge in [0.15, 0.2) is 0 Å². The molecule has 0 saturated heterocycles. The van der Waals surface area contributed by atoms with Gasteiger partial charge in [0, 0.05) is 43.4 Å². The first kappa shape index (κ1) is 17.1. The Balaban J connectivity index is 1.37. The molecule has 0 unspecified atom stereocenters. The molecule has 4 rings (SSSR count). The lowest BCUT2D eigenvalue weighted by Gasteiger charge is -2.18. The highest BCUT2D eigenvalue weighted by atomic mass is 15.2. The van der Waals surface area contributed by atoms with E-state index in [0.29, 0.717) is 5.95 Å². The fourth-order valence-corrected chi connectivity index (χ4v) is 3.23. The molecule has 2 heterocycles. The average molecular weight is 357 g/mol. The van der Waals surface area contributed by atoms with Crippen LogP contribution in [0.1, 0.15) is 11.1 Å². The summed E-state index contributed by atoms with van der Waals surface area (Å²) in [6, 6.07) is 20.7. The lowest BCUT2D eigenvalue weighted by atomic mass is 10.1. The molecule has 0 radical (unpaired) electrons. The topological polar surface area (TPSA) is 56.8 Å². The quantitative estimate of drug-likeness (QED) is 0.519. The molecular formula is C22H23N5. The molecule has 2 N–H and O–H groups in total. The number of aromatic nitrogens is 3. The van der Waals surface area contributed by atoms with Crippen molar-refractivity contribution in [3.05, 3.63) is 84.2 Å². The van der Waals surface area contributed by atoms with Gasteiger partial charge in [0.2, 0.25) is 5.95 Å². The number of hydrogen-bond donors (Lipinski definition) is 2. The molecule has 0 aliphatic rings. The number of hydrogen-bond acceptors (Lipinski definition) is 4. The summed E-state index contributed by atoms with van der Waals surface area (Å²) in [6.07, 6.45) is 4.80. The molecule has 2 aromatic carbocycles. The molecule has 0 atom stereocenters. The third kappa shape index (κ3) is 4.08. The molecule has 5 nitrogen and oxygen atoms in total. The van der Waals surface area contributed by atoms with Crippen LogP contribution < -0.4 is 10.2 Å². The van der Waals surface area contributed by atoms with E-state index in [1.54, 1.807) is 6.20 Å². The monoisotopic (exact) mass is 357 g/mol. The SMILES string of the molecule is CN(Cc1ccccc1)c1ccnc(NCCc2c[nH]c3ccccc23)n1. The van der Waals surface area contributed by atoms with Crippen LogP contribution in [0.5, 0.6) is 0 Å². The molecule has 27 heavy (non-hydrogen) atoms. The number of nitrogens with one attached hydrogen (secondary N) is 2. The molecule has 0 fully saturated rings. The highest BCUT2D eigenvalue weighted by Gasteiger charge is 2.06. The van der Waals surface area contributed by atoms with Gasteiger partial charge in [0.05, 0.1) is 0 Å². The minimum atomic E-state index is 0.659. The van der Waals surface area contributed by atoms with Crippen molar-refractivity contribution in [3.8, 4) is 0 Å². The summed E-state index contributed by atoms with van der Waals surface area (Å²) in [5.41, 5.74) is 3.73. The van der Waals surface area contributed by atoms with Gasteiger partial charge in [-0.3, -0.25) is 0 Å². The smallest absolute Gasteiger partial charge is 0.224 e. The lowest BCUT2D eigenvalue weighted by molar-refractivity contribution is 0.887. The van der Waals surface area contributed by atoms with Crippen molar-refractivity contribution in [2.24, 2.45) is 0 Å². The third-order valence-corrected chi connectivity index (χ3v) is 4.65. The van der Waals surface area contributed by atoms with Crippen LogP contribution in [0.25, 0.3) is 10.9 Å². The van der Waals surface area contributed by atoms with Crippen LogP contribution in [-0.2, 0) is 13.0 Å². The van der Waals surface area contributed by atoms with Crippen molar-refractivity contribution in [2.45, 2.75) is 13.0 Å². The van der Waals surface area contributed by atoms with Gasteiger partial charge in [-0.15, -0.1) is 0 Å². The first-order valence-corrected chi connectivity index (χ1v) is 9.16. The maximum absolute atomic E-state index is 4.65. The van der Waals surface area contributed by atoms with Crippen molar-refractivity contribution >= 4 is 22.7 Å². The van der Waals surface area contributed by atoms with Crippen molar-refractivity contribution < 1.29 is 0 Å². The highest BCUT2D eigenvalue weighted by molar-refractivity contribution is 5.83. The fraction of sp³-hybridized carbons (Fsp3) is 0.182. The van der Waals surface area contributed by atoms with Crippen molar-refractivity contribution in [3.63, 3.8) is 0 Å². The first-order valence-electron chi connectivity index (χ1n) is 9.16. The van der Waals surface area contributed by atoms with E-state index in [0.717, 1.165) is 25.3 Å². The van der Waals surface area contributed by atoms with Gasteiger partial charge in [-0.25, -0.2) is 4.98 Å².